The third-order valence-electron chi connectivity index (χ3n) is 8.48. The number of hydrogen-bond donors (Lipinski definition) is 2. The van der Waals surface area contributed by atoms with Gasteiger partial charge in [0.15, 0.2) is 0 Å². The first-order valence-electron chi connectivity index (χ1n) is 14.2. The Morgan fingerprint density at radius 2 is 0.700 bits per heavy atom. The van der Waals surface area contributed by atoms with Gasteiger partial charge in [-0.3, -0.25) is 0 Å². The van der Waals surface area contributed by atoms with E-state index in [1.807, 2.05) is 84.9 Å². The topological polar surface area (TPSA) is 74.6 Å². The van der Waals surface area contributed by atoms with E-state index in [1.54, 1.807) is 62.8 Å². The van der Waals surface area contributed by atoms with Gasteiger partial charge in [-0.25, -0.2) is 9.59 Å². The highest BCUT2D eigenvalue weighted by molar-refractivity contribution is 5.96. The molecule has 0 amide bonds. The maximum Gasteiger partial charge on any atom is 0.336 e. The molecule has 4 nitrogen and oxygen atoms in total. The van der Waals surface area contributed by atoms with Gasteiger partial charge in [-0.05, 0) is 96.6 Å². The number of carboxylic acid groups (broad SMARTS) is 2. The molecule has 204 valence electrons. The van der Waals surface area contributed by atoms with Gasteiger partial charge < -0.3 is 10.2 Å². The molecule has 0 aromatic heterocycles. The van der Waals surface area contributed by atoms with Crippen LogP contribution in [0.4, 0.5) is 0 Å². The zero-order chi connectivity index (χ0) is 27.9. The van der Waals surface area contributed by atoms with Gasteiger partial charge in [0.1, 0.15) is 0 Å². The monoisotopic (exact) mass is 532 g/mol. The third kappa shape index (κ3) is 6.69. The Bertz CT molecular complexity index is 1280. The Hall–Kier alpha value is -4.18. The second-order valence-corrected chi connectivity index (χ2v) is 11.3. The molecule has 2 N–H and O–H groups in total. The quantitative estimate of drug-likeness (QED) is 0.275. The molecular formula is C36H36O4. The molecule has 4 aliphatic carbocycles. The number of rotatable bonds is 4. The molecule has 4 aromatic carbocycles. The molecule has 40 heavy (non-hydrogen) atoms. The Kier molecular flexibility index (Phi) is 8.75. The van der Waals surface area contributed by atoms with Crippen molar-refractivity contribution in [2.45, 2.75) is 38.5 Å². The Morgan fingerprint density at radius 1 is 0.425 bits per heavy atom. The summed E-state index contributed by atoms with van der Waals surface area (Å²) in [6.07, 6.45) is 9.62. The lowest BCUT2D eigenvalue weighted by atomic mass is 9.56. The lowest BCUT2D eigenvalue weighted by Gasteiger charge is -2.49. The zero-order valence-corrected chi connectivity index (χ0v) is 22.7. The van der Waals surface area contributed by atoms with Crippen molar-refractivity contribution in [1.29, 1.82) is 0 Å². The second-order valence-electron chi connectivity index (χ2n) is 11.3. The minimum absolute atomic E-state index is 0.337. The van der Waals surface area contributed by atoms with Crippen molar-refractivity contribution < 1.29 is 19.8 Å². The van der Waals surface area contributed by atoms with Gasteiger partial charge in [-0.2, -0.15) is 0 Å². The summed E-state index contributed by atoms with van der Waals surface area (Å²) in [6, 6.07) is 33.0. The molecule has 0 spiro atoms. The van der Waals surface area contributed by atoms with Crippen LogP contribution in [-0.2, 0) is 0 Å². The summed E-state index contributed by atoms with van der Waals surface area (Å²) in [5.74, 6) is 2.92. The first-order chi connectivity index (χ1) is 19.5. The molecule has 4 bridgehead atoms. The molecular weight excluding hydrogens is 496 g/mol. The van der Waals surface area contributed by atoms with Crippen LogP contribution in [-0.4, -0.2) is 22.2 Å². The van der Waals surface area contributed by atoms with Gasteiger partial charge in [0, 0.05) is 0 Å². The van der Waals surface area contributed by atoms with E-state index in [2.05, 4.69) is 0 Å². The minimum Gasteiger partial charge on any atom is -0.478 e. The maximum absolute atomic E-state index is 11.0. The van der Waals surface area contributed by atoms with Crippen LogP contribution in [0.3, 0.4) is 0 Å². The van der Waals surface area contributed by atoms with E-state index < -0.39 is 11.9 Å². The first-order valence-corrected chi connectivity index (χ1v) is 14.2. The van der Waals surface area contributed by atoms with Crippen molar-refractivity contribution in [3.63, 3.8) is 0 Å². The van der Waals surface area contributed by atoms with Crippen LogP contribution >= 0.6 is 0 Å². The predicted molar refractivity (Wildman–Crippen MR) is 159 cm³/mol. The molecule has 0 atom stereocenters. The van der Waals surface area contributed by atoms with Crippen LogP contribution in [0.1, 0.15) is 59.2 Å². The number of carboxylic acids is 2. The molecule has 4 saturated carbocycles. The van der Waals surface area contributed by atoms with Crippen molar-refractivity contribution in [2.24, 2.45) is 23.7 Å². The Labute approximate surface area is 236 Å². The van der Waals surface area contributed by atoms with Crippen molar-refractivity contribution in [3.8, 4) is 22.3 Å². The van der Waals surface area contributed by atoms with Crippen molar-refractivity contribution in [3.05, 3.63) is 120 Å². The summed E-state index contributed by atoms with van der Waals surface area (Å²) in [6.45, 7) is 0. The summed E-state index contributed by atoms with van der Waals surface area (Å²) in [5.41, 5.74) is 4.04. The minimum atomic E-state index is -0.894. The summed E-state index contributed by atoms with van der Waals surface area (Å²) < 4.78 is 0. The summed E-state index contributed by atoms with van der Waals surface area (Å²) in [4.78, 5) is 22.0. The first kappa shape index (κ1) is 27.4. The van der Waals surface area contributed by atoms with Crippen LogP contribution in [0.2, 0.25) is 0 Å². The molecule has 0 heterocycles. The van der Waals surface area contributed by atoms with Gasteiger partial charge in [0.05, 0.1) is 11.1 Å². The van der Waals surface area contributed by atoms with Crippen molar-refractivity contribution >= 4 is 11.9 Å². The van der Waals surface area contributed by atoms with E-state index >= 15 is 0 Å². The summed E-state index contributed by atoms with van der Waals surface area (Å²) in [7, 11) is 0. The molecule has 4 heteroatoms. The third-order valence-corrected chi connectivity index (χ3v) is 8.48. The van der Waals surface area contributed by atoms with Crippen LogP contribution in [0.5, 0.6) is 0 Å². The molecule has 8 rings (SSSR count). The highest BCUT2D eigenvalue weighted by Gasteiger charge is 2.41. The highest BCUT2D eigenvalue weighted by Crippen LogP contribution is 2.53. The van der Waals surface area contributed by atoms with E-state index in [9.17, 15) is 9.59 Å². The van der Waals surface area contributed by atoms with E-state index in [0.29, 0.717) is 11.1 Å². The van der Waals surface area contributed by atoms with E-state index in [-0.39, 0.29) is 0 Å². The lowest BCUT2D eigenvalue weighted by Crippen LogP contribution is -2.38. The van der Waals surface area contributed by atoms with Crippen LogP contribution in [0, 0.1) is 23.7 Å². The molecule has 4 fully saturated rings. The van der Waals surface area contributed by atoms with Gasteiger partial charge in [0.25, 0.3) is 0 Å². The number of carbonyl (C=O) groups is 2. The summed E-state index contributed by atoms with van der Waals surface area (Å²) in [5, 5.41) is 18.1. The SMILES string of the molecule is C1C2CC3CC1CC(C2)C3.O=C(O)c1ccccc1-c1ccccc1.O=C(O)c1ccccc1-c1ccccc1. The number of benzene rings is 4. The zero-order valence-electron chi connectivity index (χ0n) is 22.7. The normalized spacial score (nSPS) is 21.8. The van der Waals surface area contributed by atoms with Gasteiger partial charge >= 0.3 is 11.9 Å². The second kappa shape index (κ2) is 12.8. The van der Waals surface area contributed by atoms with Crippen molar-refractivity contribution in [1.82, 2.24) is 0 Å². The Morgan fingerprint density at radius 3 is 1.00 bits per heavy atom. The van der Waals surface area contributed by atoms with E-state index in [0.717, 1.165) is 22.3 Å². The van der Waals surface area contributed by atoms with E-state index in [4.69, 9.17) is 10.2 Å². The predicted octanol–water partition coefficient (Wildman–Crippen LogP) is 8.94. The molecule has 0 saturated heterocycles. The molecule has 0 unspecified atom stereocenters. The van der Waals surface area contributed by atoms with Crippen LogP contribution < -0.4 is 0 Å². The number of hydrogen-bond acceptors (Lipinski definition) is 2. The van der Waals surface area contributed by atoms with Gasteiger partial charge in [0.2, 0.25) is 0 Å². The molecule has 0 aliphatic heterocycles. The smallest absolute Gasteiger partial charge is 0.336 e. The van der Waals surface area contributed by atoms with Gasteiger partial charge in [-0.1, -0.05) is 97.1 Å². The van der Waals surface area contributed by atoms with Crippen LogP contribution in [0.25, 0.3) is 22.3 Å². The molecule has 4 aliphatic rings. The fraction of sp³-hybridized carbons (Fsp3) is 0.278. The average Bonchev–Trinajstić information content (AvgIpc) is 2.98. The maximum atomic E-state index is 11.0. The van der Waals surface area contributed by atoms with E-state index in [1.165, 1.54) is 23.7 Å². The molecule has 4 aromatic rings. The molecule has 0 radical (unpaired) electrons. The van der Waals surface area contributed by atoms with Crippen molar-refractivity contribution in [2.75, 3.05) is 0 Å². The fourth-order valence-electron chi connectivity index (χ4n) is 7.06. The standard InChI is InChI=1S/2C13H10O2.C10H16/c2*14-13(15)12-9-5-4-8-11(12)10-6-2-1-3-7-10;1-7-2-9-4-8(1)5-10(3-7)6-9/h2*1-9H,(H,14,15);7-10H,1-6H2. The Balaban J connectivity index is 0.000000123. The van der Waals surface area contributed by atoms with Gasteiger partial charge in [-0.15, -0.1) is 0 Å². The average molecular weight is 533 g/mol. The number of aromatic carboxylic acids is 2. The highest BCUT2D eigenvalue weighted by atomic mass is 16.4. The largest absolute Gasteiger partial charge is 0.478 e. The summed E-state index contributed by atoms with van der Waals surface area (Å²) >= 11 is 0. The fourth-order valence-corrected chi connectivity index (χ4v) is 7.06. The lowest BCUT2D eigenvalue weighted by molar-refractivity contribution is 0.0198. The van der Waals surface area contributed by atoms with Crippen LogP contribution in [0.15, 0.2) is 109 Å².